The predicted octanol–water partition coefficient (Wildman–Crippen LogP) is -0.0125. The molecule has 0 rings (SSSR count). The summed E-state index contributed by atoms with van der Waals surface area (Å²) < 4.78 is 0. The van der Waals surface area contributed by atoms with Crippen molar-refractivity contribution in [3.63, 3.8) is 0 Å². The Labute approximate surface area is 87.6 Å². The monoisotopic (exact) mass is 420 g/mol. The molecule has 0 N–H and O–H groups in total. The molecule has 0 aromatic carbocycles. The Morgan fingerprint density at radius 1 is 1.00 bits per heavy atom. The van der Waals surface area contributed by atoms with Gasteiger partial charge in [-0.05, 0) is 0 Å². The van der Waals surface area contributed by atoms with E-state index >= 15 is 0 Å². The van der Waals surface area contributed by atoms with Crippen molar-refractivity contribution in [2.75, 3.05) is 0 Å². The first-order valence-electron chi connectivity index (χ1n) is 0. The van der Waals surface area contributed by atoms with Crippen LogP contribution in [-0.4, -0.2) is 0 Å². The van der Waals surface area contributed by atoms with Gasteiger partial charge in [-0.3, -0.25) is 0 Å². The van der Waals surface area contributed by atoms with Crippen LogP contribution < -0.4 is 0 Å². The first-order chi connectivity index (χ1) is 0. The Balaban J connectivity index is 0. The predicted molar refractivity (Wildman–Crippen MR) is 0 cm³/mol. The van der Waals surface area contributed by atoms with E-state index < -0.39 is 0 Å². The zero-order valence-corrected chi connectivity index (χ0v) is 8.41. The van der Waals surface area contributed by atoms with Crippen LogP contribution in [0, 0.1) is 0 Å². The van der Waals surface area contributed by atoms with Crippen molar-refractivity contribution < 1.29 is 88.8 Å². The minimum absolute atomic E-state index is 0. The Bertz CT molecular complexity index is 11.6. The van der Waals surface area contributed by atoms with Crippen LogP contribution in [0.2, 0.25) is 0 Å². The molecule has 0 aliphatic heterocycles. The molecule has 0 aromatic rings. The number of rotatable bonds is 0. The fourth-order valence-electron chi connectivity index (χ4n) is 0. The van der Waals surface area contributed by atoms with Crippen molar-refractivity contribution in [2.24, 2.45) is 0 Å². The van der Waals surface area contributed by atoms with Crippen LogP contribution in [0.3, 0.4) is 0 Å². The van der Waals surface area contributed by atoms with Gasteiger partial charge in [0.05, 0.1) is 0 Å². The Morgan fingerprint density at radius 3 is 1.00 bits per heavy atom. The molecule has 5 heavy (non-hydrogen) atoms. The fraction of sp³-hybridized carbons (Fsp3) is 0. The van der Waals surface area contributed by atoms with Crippen LogP contribution >= 0.6 is 0 Å². The third-order valence-corrected chi connectivity index (χ3v) is 0. The maximum atomic E-state index is 0. The van der Waals surface area contributed by atoms with E-state index in [1.165, 1.54) is 0 Å². The van der Waals surface area contributed by atoms with Gasteiger partial charge in [-0.2, -0.15) is 0 Å². The SMILES string of the molecule is [Co].[Cr].[Fe].[Ni].[Pt]. The van der Waals surface area contributed by atoms with Crippen LogP contribution in [0.15, 0.2) is 0 Å². The maximum absolute atomic E-state index is 0. The fourth-order valence-corrected chi connectivity index (χ4v) is 0. The summed E-state index contributed by atoms with van der Waals surface area (Å²) in [6.07, 6.45) is 0. The van der Waals surface area contributed by atoms with E-state index in [2.05, 4.69) is 0 Å². The van der Waals surface area contributed by atoms with Crippen molar-refractivity contribution in [2.45, 2.75) is 0 Å². The van der Waals surface area contributed by atoms with Gasteiger partial charge in [0.2, 0.25) is 0 Å². The molecule has 1 radical (unpaired) electrons. The molecule has 0 aromatic heterocycles. The van der Waals surface area contributed by atoms with E-state index in [4.69, 9.17) is 0 Å². The molecule has 0 nitrogen and oxygen atoms in total. The van der Waals surface area contributed by atoms with E-state index in [0.29, 0.717) is 0 Å². The molecule has 0 spiro atoms. The molecule has 0 saturated carbocycles. The summed E-state index contributed by atoms with van der Waals surface area (Å²) in [5.41, 5.74) is 0. The maximum Gasteiger partial charge on any atom is 0 e. The molecule has 43 valence electrons. The van der Waals surface area contributed by atoms with E-state index in [1.54, 1.807) is 0 Å². The van der Waals surface area contributed by atoms with Crippen molar-refractivity contribution in [1.82, 2.24) is 0 Å². The summed E-state index contributed by atoms with van der Waals surface area (Å²) >= 11 is 0. The van der Waals surface area contributed by atoms with Crippen molar-refractivity contribution >= 4 is 0 Å². The average molecular weight is 421 g/mol. The summed E-state index contributed by atoms with van der Waals surface area (Å²) in [6, 6.07) is 0. The molecular weight excluding hydrogens is 421 g/mol. The molecular formula is CoCrFeNiPt. The molecule has 0 saturated heterocycles. The van der Waals surface area contributed by atoms with Gasteiger partial charge in [0.1, 0.15) is 0 Å². The smallest absolute Gasteiger partial charge is 0 e. The second-order valence-electron chi connectivity index (χ2n) is 0. The third kappa shape index (κ3) is 20.2. The van der Waals surface area contributed by atoms with Gasteiger partial charge in [-0.25, -0.2) is 0 Å². The Hall–Kier alpha value is 2.74. The molecule has 0 aliphatic rings. The molecule has 0 heterocycles. The van der Waals surface area contributed by atoms with E-state index in [9.17, 15) is 0 Å². The van der Waals surface area contributed by atoms with Crippen molar-refractivity contribution in [1.29, 1.82) is 0 Å². The second kappa shape index (κ2) is 29.6. The van der Waals surface area contributed by atoms with Gasteiger partial charge < -0.3 is 0 Å². The third-order valence-electron chi connectivity index (χ3n) is 0. The zero-order chi connectivity index (χ0) is 0. The van der Waals surface area contributed by atoms with E-state index in [0.717, 1.165) is 0 Å². The first kappa shape index (κ1) is 46.8. The Morgan fingerprint density at radius 2 is 1.00 bits per heavy atom. The van der Waals surface area contributed by atoms with Gasteiger partial charge in [-0.1, -0.05) is 0 Å². The summed E-state index contributed by atoms with van der Waals surface area (Å²) in [5.74, 6) is 0. The van der Waals surface area contributed by atoms with Gasteiger partial charge in [0, 0.05) is 88.8 Å². The Kier molecular flexibility index (Phi) is 277. The molecule has 0 atom stereocenters. The van der Waals surface area contributed by atoms with Crippen LogP contribution in [0.25, 0.3) is 0 Å². The van der Waals surface area contributed by atoms with E-state index in [-0.39, 0.29) is 88.8 Å². The molecule has 0 fully saturated rings. The summed E-state index contributed by atoms with van der Waals surface area (Å²) in [7, 11) is 0. The summed E-state index contributed by atoms with van der Waals surface area (Å²) in [6.45, 7) is 0. The van der Waals surface area contributed by atoms with Crippen molar-refractivity contribution in [3.05, 3.63) is 0 Å². The van der Waals surface area contributed by atoms with Gasteiger partial charge in [0.15, 0.2) is 0 Å². The van der Waals surface area contributed by atoms with Gasteiger partial charge >= 0.3 is 0 Å². The largest absolute Gasteiger partial charge is 0 e. The van der Waals surface area contributed by atoms with Crippen molar-refractivity contribution in [3.8, 4) is 0 Å². The standard InChI is InChI=1S/Co.Cr.Fe.Ni.Pt. The zero-order valence-electron chi connectivity index (χ0n) is 1.73. The number of hydrogen-bond acceptors (Lipinski definition) is 0. The molecule has 0 unspecified atom stereocenters. The molecule has 5 heteroatoms. The summed E-state index contributed by atoms with van der Waals surface area (Å²) in [5, 5.41) is 0. The van der Waals surface area contributed by atoms with Gasteiger partial charge in [0.25, 0.3) is 0 Å². The average Bonchev–Trinajstić information content (AvgIpc) is 0. The van der Waals surface area contributed by atoms with E-state index in [1.807, 2.05) is 0 Å². The normalized spacial score (nSPS) is 0. The first-order valence-corrected chi connectivity index (χ1v) is 0. The van der Waals surface area contributed by atoms with Crippen LogP contribution in [0.5, 0.6) is 0 Å². The molecule has 0 bridgehead atoms. The second-order valence-corrected chi connectivity index (χ2v) is 0. The summed E-state index contributed by atoms with van der Waals surface area (Å²) in [4.78, 5) is 0. The quantitative estimate of drug-likeness (QED) is 0.484. The molecule has 0 aliphatic carbocycles. The minimum Gasteiger partial charge on any atom is 0 e. The van der Waals surface area contributed by atoms with Crippen LogP contribution in [-0.2, 0) is 88.8 Å². The number of hydrogen-bond donors (Lipinski definition) is 0. The minimum atomic E-state index is 0. The molecule has 0 amide bonds. The topological polar surface area (TPSA) is 0 Å². The van der Waals surface area contributed by atoms with Gasteiger partial charge in [-0.15, -0.1) is 0 Å². The van der Waals surface area contributed by atoms with Crippen LogP contribution in [0.4, 0.5) is 0 Å². The van der Waals surface area contributed by atoms with Crippen LogP contribution in [0.1, 0.15) is 0 Å².